The van der Waals surface area contributed by atoms with Crippen molar-refractivity contribution in [3.05, 3.63) is 70.4 Å². The summed E-state index contributed by atoms with van der Waals surface area (Å²) in [7, 11) is 1.31. The van der Waals surface area contributed by atoms with Crippen LogP contribution in [0.15, 0.2) is 57.3 Å². The van der Waals surface area contributed by atoms with Gasteiger partial charge in [-0.15, -0.1) is 10.2 Å². The number of nitrogens with zero attached hydrogens (tertiary/aromatic N) is 2. The molecule has 0 radical (unpaired) electrons. The lowest BCUT2D eigenvalue weighted by atomic mass is 10.1. The van der Waals surface area contributed by atoms with Gasteiger partial charge in [-0.2, -0.15) is 0 Å². The summed E-state index contributed by atoms with van der Waals surface area (Å²) in [5.74, 6) is -0.124. The van der Waals surface area contributed by atoms with E-state index in [2.05, 4.69) is 15.5 Å². The second-order valence-corrected chi connectivity index (χ2v) is 8.71. The normalized spacial score (nSPS) is 10.9. The fourth-order valence-corrected chi connectivity index (χ4v) is 4.77. The van der Waals surface area contributed by atoms with Crippen LogP contribution >= 0.6 is 23.1 Å². The maximum Gasteiger partial charge on any atom is 0.337 e. The number of anilines is 1. The Hall–Kier alpha value is -3.17. The molecule has 0 saturated carbocycles. The number of carbonyl (C=O) groups is 2. The first kappa shape index (κ1) is 20.1. The molecule has 0 aliphatic carbocycles. The molecule has 0 saturated heterocycles. The zero-order valence-electron chi connectivity index (χ0n) is 16.2. The van der Waals surface area contributed by atoms with E-state index < -0.39 is 11.9 Å². The van der Waals surface area contributed by atoms with Crippen molar-refractivity contribution in [2.45, 2.75) is 17.0 Å². The molecular weight excluding hydrogens is 422 g/mol. The average molecular weight is 440 g/mol. The number of fused-ring (bicyclic) bond motifs is 1. The highest BCUT2D eigenvalue weighted by Crippen LogP contribution is 2.33. The molecule has 0 aliphatic rings. The highest BCUT2D eigenvalue weighted by molar-refractivity contribution is 8.00. The third-order valence-electron chi connectivity index (χ3n) is 4.29. The maximum absolute atomic E-state index is 13.0. The van der Waals surface area contributed by atoms with E-state index in [1.807, 2.05) is 31.2 Å². The Morgan fingerprint density at radius 1 is 1.17 bits per heavy atom. The van der Waals surface area contributed by atoms with Crippen molar-refractivity contribution >= 4 is 51.6 Å². The molecule has 1 amide bonds. The predicted molar refractivity (Wildman–Crippen MR) is 116 cm³/mol. The molecule has 9 heteroatoms. The first-order chi connectivity index (χ1) is 14.5. The monoisotopic (exact) mass is 439 g/mol. The van der Waals surface area contributed by atoms with Crippen LogP contribution < -0.4 is 5.32 Å². The number of thioether (sulfide) groups is 1. The molecule has 0 fully saturated rings. The second kappa shape index (κ2) is 8.68. The van der Waals surface area contributed by atoms with E-state index in [-0.39, 0.29) is 5.76 Å². The van der Waals surface area contributed by atoms with Crippen LogP contribution in [-0.2, 0) is 10.5 Å². The maximum atomic E-state index is 13.0. The van der Waals surface area contributed by atoms with Crippen molar-refractivity contribution in [3.8, 4) is 0 Å². The molecule has 0 spiro atoms. The van der Waals surface area contributed by atoms with Crippen LogP contribution in [0.3, 0.4) is 0 Å². The number of aryl methyl sites for hydroxylation is 1. The van der Waals surface area contributed by atoms with Gasteiger partial charge in [0.05, 0.1) is 12.7 Å². The fraction of sp³-hybridized carbons (Fsp3) is 0.143. The van der Waals surface area contributed by atoms with Gasteiger partial charge in [-0.05, 0) is 31.2 Å². The highest BCUT2D eigenvalue weighted by atomic mass is 32.2. The molecular formula is C21H17N3O4S2. The van der Waals surface area contributed by atoms with Crippen LogP contribution in [0.25, 0.3) is 11.0 Å². The number of aromatic nitrogens is 2. The van der Waals surface area contributed by atoms with Gasteiger partial charge in [-0.25, -0.2) is 4.79 Å². The summed E-state index contributed by atoms with van der Waals surface area (Å²) >= 11 is 3.01. The number of esters is 1. The topological polar surface area (TPSA) is 94.3 Å². The van der Waals surface area contributed by atoms with Crippen LogP contribution in [0.1, 0.15) is 31.5 Å². The summed E-state index contributed by atoms with van der Waals surface area (Å²) in [4.78, 5) is 24.8. The van der Waals surface area contributed by atoms with Crippen LogP contribution in [0.2, 0.25) is 0 Å². The van der Waals surface area contributed by atoms with Gasteiger partial charge >= 0.3 is 5.97 Å². The van der Waals surface area contributed by atoms with E-state index in [9.17, 15) is 9.59 Å². The van der Waals surface area contributed by atoms with E-state index >= 15 is 0 Å². The number of benzene rings is 2. The zero-order valence-corrected chi connectivity index (χ0v) is 17.8. The number of hydrogen-bond donors (Lipinski definition) is 1. The summed E-state index contributed by atoms with van der Waals surface area (Å²) in [5, 5.41) is 12.7. The summed E-state index contributed by atoms with van der Waals surface area (Å²) in [6.45, 7) is 1.90. The Morgan fingerprint density at radius 2 is 2.00 bits per heavy atom. The van der Waals surface area contributed by atoms with E-state index in [1.54, 1.807) is 24.3 Å². The standard InChI is InChI=1S/C21H17N3O4S2/c1-12-23-24-21(30-12)29-11-16-15-8-3-4-9-17(15)28-18(16)19(25)22-14-7-5-6-13(10-14)20(26)27-2/h3-10H,11H2,1-2H3,(H,22,25). The molecule has 7 nitrogen and oxygen atoms in total. The van der Waals surface area contributed by atoms with Gasteiger partial charge in [-0.1, -0.05) is 47.4 Å². The Bertz CT molecular complexity index is 1230. The number of rotatable bonds is 6. The van der Waals surface area contributed by atoms with Crippen molar-refractivity contribution in [1.82, 2.24) is 10.2 Å². The number of ether oxygens (including phenoxy) is 1. The quantitative estimate of drug-likeness (QED) is 0.336. The van der Waals surface area contributed by atoms with Gasteiger partial charge in [0.2, 0.25) is 0 Å². The number of furan rings is 1. The first-order valence-corrected chi connectivity index (χ1v) is 10.8. The number of amides is 1. The summed E-state index contributed by atoms with van der Waals surface area (Å²) in [6.07, 6.45) is 0. The molecule has 4 aromatic rings. The predicted octanol–water partition coefficient (Wildman–Crippen LogP) is 4.92. The highest BCUT2D eigenvalue weighted by Gasteiger charge is 2.21. The average Bonchev–Trinajstić information content (AvgIpc) is 3.35. The first-order valence-electron chi connectivity index (χ1n) is 8.98. The third kappa shape index (κ3) is 4.22. The number of nitrogens with one attached hydrogen (secondary N) is 1. The van der Waals surface area contributed by atoms with E-state index in [1.165, 1.54) is 30.2 Å². The second-order valence-electron chi connectivity index (χ2n) is 6.31. The van der Waals surface area contributed by atoms with Gasteiger partial charge in [0.15, 0.2) is 10.1 Å². The molecule has 1 N–H and O–H groups in total. The summed E-state index contributed by atoms with van der Waals surface area (Å²) < 4.78 is 11.4. The van der Waals surface area contributed by atoms with Crippen LogP contribution in [0.4, 0.5) is 5.69 Å². The van der Waals surface area contributed by atoms with Crippen molar-refractivity contribution in [2.24, 2.45) is 0 Å². The lowest BCUT2D eigenvalue weighted by Gasteiger charge is -2.07. The SMILES string of the molecule is COC(=O)c1cccc(NC(=O)c2oc3ccccc3c2CSc2nnc(C)s2)c1. The lowest BCUT2D eigenvalue weighted by Crippen LogP contribution is -2.13. The number of methoxy groups -OCH3 is 1. The molecule has 0 bridgehead atoms. The Kier molecular flexibility index (Phi) is 5.82. The van der Waals surface area contributed by atoms with Crippen LogP contribution in [-0.4, -0.2) is 29.2 Å². The van der Waals surface area contributed by atoms with Crippen LogP contribution in [0.5, 0.6) is 0 Å². The molecule has 2 aromatic carbocycles. The fourth-order valence-electron chi connectivity index (χ4n) is 2.93. The summed E-state index contributed by atoms with van der Waals surface area (Å²) in [6, 6.07) is 14.1. The molecule has 2 aromatic heterocycles. The van der Waals surface area contributed by atoms with Gasteiger partial charge in [0, 0.05) is 22.4 Å². The van der Waals surface area contributed by atoms with Crippen LogP contribution in [0, 0.1) is 6.92 Å². The minimum absolute atomic E-state index is 0.230. The Labute approximate surface area is 180 Å². The van der Waals surface area contributed by atoms with E-state index in [0.29, 0.717) is 22.6 Å². The molecule has 30 heavy (non-hydrogen) atoms. The molecule has 152 valence electrons. The van der Waals surface area contributed by atoms with Gasteiger partial charge < -0.3 is 14.5 Å². The van der Waals surface area contributed by atoms with E-state index in [4.69, 9.17) is 9.15 Å². The Balaban J connectivity index is 1.62. The number of carbonyl (C=O) groups excluding carboxylic acids is 2. The largest absolute Gasteiger partial charge is 0.465 e. The van der Waals surface area contributed by atoms with Crippen molar-refractivity contribution in [1.29, 1.82) is 0 Å². The summed E-state index contributed by atoms with van der Waals surface area (Å²) in [5.41, 5.74) is 2.24. The molecule has 2 heterocycles. The van der Waals surface area contributed by atoms with Gasteiger partial charge in [-0.3, -0.25) is 4.79 Å². The molecule has 0 unspecified atom stereocenters. The third-order valence-corrected chi connectivity index (χ3v) is 6.29. The molecule has 4 rings (SSSR count). The molecule has 0 atom stereocenters. The zero-order chi connectivity index (χ0) is 21.1. The minimum atomic E-state index is -0.473. The van der Waals surface area contributed by atoms with Crippen molar-refractivity contribution in [3.63, 3.8) is 0 Å². The number of para-hydroxylation sites is 1. The van der Waals surface area contributed by atoms with E-state index in [0.717, 1.165) is 20.3 Å². The Morgan fingerprint density at radius 3 is 2.77 bits per heavy atom. The van der Waals surface area contributed by atoms with Gasteiger partial charge in [0.25, 0.3) is 5.91 Å². The van der Waals surface area contributed by atoms with Gasteiger partial charge in [0.1, 0.15) is 10.6 Å². The van der Waals surface area contributed by atoms with Crippen molar-refractivity contribution in [2.75, 3.05) is 12.4 Å². The smallest absolute Gasteiger partial charge is 0.337 e. The molecule has 0 aliphatic heterocycles. The number of hydrogen-bond acceptors (Lipinski definition) is 8. The van der Waals surface area contributed by atoms with Crippen molar-refractivity contribution < 1.29 is 18.7 Å². The minimum Gasteiger partial charge on any atom is -0.465 e. The lowest BCUT2D eigenvalue weighted by molar-refractivity contribution is 0.0600.